The fourth-order valence-electron chi connectivity index (χ4n) is 3.70. The highest BCUT2D eigenvalue weighted by molar-refractivity contribution is 7.11. The molecular formula is C20H29N3O2S. The number of nitrogens with zero attached hydrogens (tertiary/aromatic N) is 3. The summed E-state index contributed by atoms with van der Waals surface area (Å²) in [4.78, 5) is 10.7. The Hall–Kier alpha value is -1.47. The first-order valence-electron chi connectivity index (χ1n) is 9.21. The molecule has 1 aromatic heterocycles. The fourth-order valence-corrected chi connectivity index (χ4v) is 4.54. The summed E-state index contributed by atoms with van der Waals surface area (Å²) in [6.45, 7) is 9.32. The van der Waals surface area contributed by atoms with E-state index in [1.165, 1.54) is 16.0 Å². The normalized spacial score (nSPS) is 19.0. The maximum absolute atomic E-state index is 9.52. The molecule has 142 valence electrons. The van der Waals surface area contributed by atoms with Crippen molar-refractivity contribution in [2.75, 3.05) is 33.4 Å². The van der Waals surface area contributed by atoms with Crippen molar-refractivity contribution in [3.8, 4) is 5.75 Å². The predicted molar refractivity (Wildman–Crippen MR) is 106 cm³/mol. The second kappa shape index (κ2) is 8.95. The number of thiazole rings is 1. The van der Waals surface area contributed by atoms with Gasteiger partial charge in [0.05, 0.1) is 12.1 Å². The Morgan fingerprint density at radius 3 is 2.77 bits per heavy atom. The summed E-state index contributed by atoms with van der Waals surface area (Å²) in [5.74, 6) is 0.935. The van der Waals surface area contributed by atoms with E-state index in [4.69, 9.17) is 4.74 Å². The molecule has 1 aliphatic rings. The van der Waals surface area contributed by atoms with Gasteiger partial charge in [-0.25, -0.2) is 4.98 Å². The largest absolute Gasteiger partial charge is 0.496 e. The smallest absolute Gasteiger partial charge is 0.121 e. The van der Waals surface area contributed by atoms with Gasteiger partial charge in [0.2, 0.25) is 0 Å². The summed E-state index contributed by atoms with van der Waals surface area (Å²) in [6, 6.07) is 6.79. The molecule has 1 atom stereocenters. The van der Waals surface area contributed by atoms with Gasteiger partial charge in [-0.15, -0.1) is 11.3 Å². The molecule has 0 bridgehead atoms. The van der Waals surface area contributed by atoms with Gasteiger partial charge in [0.1, 0.15) is 5.75 Å². The number of aliphatic hydroxyl groups excluding tert-OH is 1. The van der Waals surface area contributed by atoms with Crippen molar-refractivity contribution in [1.82, 2.24) is 14.8 Å². The van der Waals surface area contributed by atoms with E-state index in [1.54, 1.807) is 18.4 Å². The van der Waals surface area contributed by atoms with Gasteiger partial charge >= 0.3 is 0 Å². The third-order valence-electron chi connectivity index (χ3n) is 5.04. The van der Waals surface area contributed by atoms with E-state index in [9.17, 15) is 5.11 Å². The Labute approximate surface area is 160 Å². The molecule has 3 rings (SSSR count). The zero-order chi connectivity index (χ0) is 18.5. The minimum absolute atomic E-state index is 0.232. The summed E-state index contributed by atoms with van der Waals surface area (Å²) < 4.78 is 5.36. The molecule has 1 fully saturated rings. The van der Waals surface area contributed by atoms with Gasteiger partial charge < -0.3 is 9.84 Å². The van der Waals surface area contributed by atoms with Crippen LogP contribution in [0.3, 0.4) is 0 Å². The van der Waals surface area contributed by atoms with Gasteiger partial charge in [0, 0.05) is 56.4 Å². The summed E-state index contributed by atoms with van der Waals surface area (Å²) in [5.41, 5.74) is 2.47. The highest BCUT2D eigenvalue weighted by atomic mass is 32.1. The Balaban J connectivity index is 1.63. The molecule has 1 aromatic carbocycles. The molecule has 0 aliphatic carbocycles. The lowest BCUT2D eigenvalue weighted by Gasteiger charge is -2.41. The molecule has 1 N–H and O–H groups in total. The highest BCUT2D eigenvalue weighted by Gasteiger charge is 2.27. The Bertz CT molecular complexity index is 719. The quantitative estimate of drug-likeness (QED) is 0.806. The number of hydrogen-bond donors (Lipinski definition) is 1. The number of aryl methyl sites for hydroxylation is 2. The number of piperazine rings is 1. The van der Waals surface area contributed by atoms with Gasteiger partial charge in [0.15, 0.2) is 0 Å². The van der Waals surface area contributed by atoms with Crippen LogP contribution < -0.4 is 4.74 Å². The highest BCUT2D eigenvalue weighted by Crippen LogP contribution is 2.23. The maximum Gasteiger partial charge on any atom is 0.121 e. The van der Waals surface area contributed by atoms with Crippen molar-refractivity contribution >= 4 is 11.3 Å². The lowest BCUT2D eigenvalue weighted by molar-refractivity contribution is 0.0504. The standard InChI is InChI=1S/C20H29N3O2S/c1-15-10-17(4-5-20(15)25-3)12-23-8-7-22(13-18(23)6-9-24)14-19-11-21-16(2)26-19/h4-5,10-11,18,24H,6-9,12-14H2,1-3H3/t18-/m1/s1. The average molecular weight is 376 g/mol. The second-order valence-corrected chi connectivity index (χ2v) is 8.34. The molecule has 2 heterocycles. The molecule has 2 aromatic rings. The lowest BCUT2D eigenvalue weighted by Crippen LogP contribution is -2.52. The van der Waals surface area contributed by atoms with Crippen molar-refractivity contribution < 1.29 is 9.84 Å². The molecule has 0 saturated carbocycles. The van der Waals surface area contributed by atoms with Crippen LogP contribution in [0.15, 0.2) is 24.4 Å². The molecule has 1 aliphatic heterocycles. The summed E-state index contributed by atoms with van der Waals surface area (Å²) in [7, 11) is 1.71. The topological polar surface area (TPSA) is 48.8 Å². The van der Waals surface area contributed by atoms with Gasteiger partial charge in [-0.3, -0.25) is 9.80 Å². The van der Waals surface area contributed by atoms with Crippen LogP contribution in [0.5, 0.6) is 5.75 Å². The van der Waals surface area contributed by atoms with Crippen molar-refractivity contribution in [1.29, 1.82) is 0 Å². The number of ether oxygens (including phenoxy) is 1. The van der Waals surface area contributed by atoms with Crippen LogP contribution in [-0.4, -0.2) is 59.3 Å². The summed E-state index contributed by atoms with van der Waals surface area (Å²) in [6.07, 6.45) is 2.81. The number of benzene rings is 1. The summed E-state index contributed by atoms with van der Waals surface area (Å²) >= 11 is 1.78. The Kier molecular flexibility index (Phi) is 6.64. The zero-order valence-electron chi connectivity index (χ0n) is 15.9. The molecule has 26 heavy (non-hydrogen) atoms. The van der Waals surface area contributed by atoms with Gasteiger partial charge in [-0.05, 0) is 37.5 Å². The SMILES string of the molecule is COc1ccc(CN2CCN(Cc3cnc(C)s3)C[C@H]2CCO)cc1C. The van der Waals surface area contributed by atoms with E-state index in [1.807, 2.05) is 12.3 Å². The minimum atomic E-state index is 0.232. The van der Waals surface area contributed by atoms with Crippen LogP contribution in [0, 0.1) is 13.8 Å². The summed E-state index contributed by atoms with van der Waals surface area (Å²) in [5, 5.41) is 10.6. The van der Waals surface area contributed by atoms with Crippen LogP contribution in [0.2, 0.25) is 0 Å². The molecule has 0 spiro atoms. The average Bonchev–Trinajstić information content (AvgIpc) is 3.02. The maximum atomic E-state index is 9.52. The van der Waals surface area contributed by atoms with Crippen LogP contribution in [0.1, 0.15) is 27.4 Å². The first-order chi connectivity index (χ1) is 12.6. The third-order valence-corrected chi connectivity index (χ3v) is 5.94. The van der Waals surface area contributed by atoms with Crippen molar-refractivity contribution in [3.63, 3.8) is 0 Å². The van der Waals surface area contributed by atoms with Crippen LogP contribution in [-0.2, 0) is 13.1 Å². The third kappa shape index (κ3) is 4.82. The van der Waals surface area contributed by atoms with E-state index in [2.05, 4.69) is 40.8 Å². The van der Waals surface area contributed by atoms with Crippen molar-refractivity contribution in [2.45, 2.75) is 39.4 Å². The number of aromatic nitrogens is 1. The molecule has 0 amide bonds. The Morgan fingerprint density at radius 2 is 2.12 bits per heavy atom. The van der Waals surface area contributed by atoms with E-state index >= 15 is 0 Å². The van der Waals surface area contributed by atoms with Crippen LogP contribution >= 0.6 is 11.3 Å². The minimum Gasteiger partial charge on any atom is -0.496 e. The first-order valence-corrected chi connectivity index (χ1v) is 10.0. The molecular weight excluding hydrogens is 346 g/mol. The van der Waals surface area contributed by atoms with Crippen molar-refractivity contribution in [3.05, 3.63) is 45.4 Å². The van der Waals surface area contributed by atoms with Gasteiger partial charge in [-0.2, -0.15) is 0 Å². The van der Waals surface area contributed by atoms with Gasteiger partial charge in [0.25, 0.3) is 0 Å². The van der Waals surface area contributed by atoms with E-state index in [0.717, 1.165) is 49.9 Å². The number of methoxy groups -OCH3 is 1. The van der Waals surface area contributed by atoms with E-state index < -0.39 is 0 Å². The second-order valence-electron chi connectivity index (χ2n) is 7.02. The zero-order valence-corrected chi connectivity index (χ0v) is 16.8. The van der Waals surface area contributed by atoms with E-state index in [-0.39, 0.29) is 6.61 Å². The molecule has 0 radical (unpaired) electrons. The molecule has 0 unspecified atom stereocenters. The van der Waals surface area contributed by atoms with E-state index in [0.29, 0.717) is 6.04 Å². The number of rotatable bonds is 7. The monoisotopic (exact) mass is 375 g/mol. The van der Waals surface area contributed by atoms with Crippen molar-refractivity contribution in [2.24, 2.45) is 0 Å². The number of hydrogen-bond acceptors (Lipinski definition) is 6. The fraction of sp³-hybridized carbons (Fsp3) is 0.550. The Morgan fingerprint density at radius 1 is 1.27 bits per heavy atom. The lowest BCUT2D eigenvalue weighted by atomic mass is 10.1. The van der Waals surface area contributed by atoms with Crippen LogP contribution in [0.4, 0.5) is 0 Å². The number of aliphatic hydroxyl groups is 1. The molecule has 1 saturated heterocycles. The predicted octanol–water partition coefficient (Wildman–Crippen LogP) is 2.84. The molecule has 6 heteroatoms. The molecule has 5 nitrogen and oxygen atoms in total. The first kappa shape index (κ1) is 19.3. The van der Waals surface area contributed by atoms with Gasteiger partial charge in [-0.1, -0.05) is 12.1 Å². The van der Waals surface area contributed by atoms with Crippen LogP contribution in [0.25, 0.3) is 0 Å².